The molecule has 17 heavy (non-hydrogen) atoms. The van der Waals surface area contributed by atoms with E-state index in [2.05, 4.69) is 31.2 Å². The fourth-order valence-electron chi connectivity index (χ4n) is 2.14. The monoisotopic (exact) mass is 261 g/mol. The Morgan fingerprint density at radius 2 is 2.18 bits per heavy atom. The van der Waals surface area contributed by atoms with Crippen LogP contribution in [0.1, 0.15) is 23.2 Å². The minimum absolute atomic E-state index is 1.12. The van der Waals surface area contributed by atoms with Crippen molar-refractivity contribution in [2.75, 3.05) is 5.75 Å². The maximum atomic E-state index is 4.85. The maximum Gasteiger partial charge on any atom is 0.0935 e. The molecule has 0 atom stereocenters. The molecule has 1 aliphatic heterocycles. The quantitative estimate of drug-likeness (QED) is 0.794. The summed E-state index contributed by atoms with van der Waals surface area (Å²) in [5.41, 5.74) is 2.59. The highest BCUT2D eigenvalue weighted by atomic mass is 32.2. The highest BCUT2D eigenvalue weighted by Crippen LogP contribution is 2.39. The number of hydrogen-bond acceptors (Lipinski definition) is 3. The molecular formula is C14H15NS2. The largest absolute Gasteiger partial charge is 0.241 e. The van der Waals surface area contributed by atoms with Gasteiger partial charge in [0.2, 0.25) is 0 Å². The molecule has 2 heterocycles. The van der Waals surface area contributed by atoms with Gasteiger partial charge in [0.1, 0.15) is 0 Å². The second kappa shape index (κ2) is 4.83. The SMILES string of the molecule is CCCc1nc2c(s1)CCSc1ccccc1-2. The van der Waals surface area contributed by atoms with Gasteiger partial charge in [-0.05, 0) is 25.3 Å². The zero-order valence-corrected chi connectivity index (χ0v) is 11.5. The van der Waals surface area contributed by atoms with E-state index in [1.807, 2.05) is 23.1 Å². The average molecular weight is 261 g/mol. The number of thiazole rings is 1. The Morgan fingerprint density at radius 3 is 3.06 bits per heavy atom. The molecule has 88 valence electrons. The molecule has 1 aliphatic rings. The maximum absolute atomic E-state index is 4.85. The zero-order valence-electron chi connectivity index (χ0n) is 9.90. The summed E-state index contributed by atoms with van der Waals surface area (Å²) in [6.45, 7) is 2.22. The Hall–Kier alpha value is -0.800. The number of aryl methyl sites for hydroxylation is 2. The number of thioether (sulfide) groups is 1. The molecule has 0 spiro atoms. The number of benzene rings is 1. The van der Waals surface area contributed by atoms with Crippen LogP contribution in [0.3, 0.4) is 0 Å². The first kappa shape index (κ1) is 11.3. The molecule has 0 aliphatic carbocycles. The van der Waals surface area contributed by atoms with Gasteiger partial charge in [-0.2, -0.15) is 0 Å². The van der Waals surface area contributed by atoms with Crippen LogP contribution in [0, 0.1) is 0 Å². The van der Waals surface area contributed by atoms with Crippen molar-refractivity contribution < 1.29 is 0 Å². The third-order valence-electron chi connectivity index (χ3n) is 2.93. The molecule has 0 saturated heterocycles. The van der Waals surface area contributed by atoms with Crippen LogP contribution in [-0.4, -0.2) is 10.7 Å². The van der Waals surface area contributed by atoms with Crippen LogP contribution in [-0.2, 0) is 12.8 Å². The fraction of sp³-hybridized carbons (Fsp3) is 0.357. The van der Waals surface area contributed by atoms with Crippen molar-refractivity contribution in [3.05, 3.63) is 34.2 Å². The van der Waals surface area contributed by atoms with Crippen LogP contribution in [0.15, 0.2) is 29.2 Å². The molecule has 3 heteroatoms. The van der Waals surface area contributed by atoms with Crippen molar-refractivity contribution in [3.63, 3.8) is 0 Å². The molecular weight excluding hydrogens is 246 g/mol. The summed E-state index contributed by atoms with van der Waals surface area (Å²) < 4.78 is 0. The molecule has 1 aromatic carbocycles. The van der Waals surface area contributed by atoms with Gasteiger partial charge in [0.25, 0.3) is 0 Å². The van der Waals surface area contributed by atoms with E-state index >= 15 is 0 Å². The smallest absolute Gasteiger partial charge is 0.0935 e. The Bertz CT molecular complexity index is 531. The highest BCUT2D eigenvalue weighted by Gasteiger charge is 2.18. The number of nitrogens with zero attached hydrogens (tertiary/aromatic N) is 1. The molecule has 0 unspecified atom stereocenters. The molecule has 0 bridgehead atoms. The first-order valence-electron chi connectivity index (χ1n) is 6.09. The molecule has 0 saturated carbocycles. The predicted molar refractivity (Wildman–Crippen MR) is 76.0 cm³/mol. The van der Waals surface area contributed by atoms with Crippen LogP contribution in [0.2, 0.25) is 0 Å². The zero-order chi connectivity index (χ0) is 11.7. The van der Waals surface area contributed by atoms with E-state index in [1.54, 1.807) is 0 Å². The van der Waals surface area contributed by atoms with Gasteiger partial charge >= 0.3 is 0 Å². The number of aromatic nitrogens is 1. The number of fused-ring (bicyclic) bond motifs is 3. The van der Waals surface area contributed by atoms with Crippen LogP contribution in [0.4, 0.5) is 0 Å². The topological polar surface area (TPSA) is 12.9 Å². The van der Waals surface area contributed by atoms with Crippen molar-refractivity contribution in [2.24, 2.45) is 0 Å². The summed E-state index contributed by atoms with van der Waals surface area (Å²) in [6.07, 6.45) is 3.46. The second-order valence-electron chi connectivity index (χ2n) is 4.22. The molecule has 2 aromatic rings. The fourth-order valence-corrected chi connectivity index (χ4v) is 4.48. The van der Waals surface area contributed by atoms with Crippen LogP contribution in [0.5, 0.6) is 0 Å². The summed E-state index contributed by atoms with van der Waals surface area (Å²) in [5.74, 6) is 1.18. The van der Waals surface area contributed by atoms with E-state index < -0.39 is 0 Å². The average Bonchev–Trinajstić information content (AvgIpc) is 2.66. The number of rotatable bonds is 2. The first-order valence-corrected chi connectivity index (χ1v) is 7.89. The van der Waals surface area contributed by atoms with Crippen molar-refractivity contribution in [2.45, 2.75) is 31.1 Å². The van der Waals surface area contributed by atoms with E-state index in [1.165, 1.54) is 38.2 Å². The van der Waals surface area contributed by atoms with Gasteiger partial charge in [0, 0.05) is 21.1 Å². The molecule has 1 aromatic heterocycles. The van der Waals surface area contributed by atoms with E-state index in [4.69, 9.17) is 4.98 Å². The van der Waals surface area contributed by atoms with Crippen LogP contribution in [0.25, 0.3) is 11.3 Å². The van der Waals surface area contributed by atoms with Crippen LogP contribution >= 0.6 is 23.1 Å². The Labute approximate surface area is 110 Å². The van der Waals surface area contributed by atoms with Crippen molar-refractivity contribution in [1.29, 1.82) is 0 Å². The third kappa shape index (κ3) is 2.14. The van der Waals surface area contributed by atoms with Gasteiger partial charge in [0.05, 0.1) is 10.7 Å². The van der Waals surface area contributed by atoms with Crippen molar-refractivity contribution in [3.8, 4) is 11.3 Å². The summed E-state index contributed by atoms with van der Waals surface area (Å²) in [6, 6.07) is 8.67. The van der Waals surface area contributed by atoms with Gasteiger partial charge in [-0.15, -0.1) is 23.1 Å². The summed E-state index contributed by atoms with van der Waals surface area (Å²) in [7, 11) is 0. The van der Waals surface area contributed by atoms with Gasteiger partial charge in [0.15, 0.2) is 0 Å². The molecule has 0 fully saturated rings. The van der Waals surface area contributed by atoms with Gasteiger partial charge in [-0.1, -0.05) is 25.1 Å². The third-order valence-corrected chi connectivity index (χ3v) is 5.18. The normalized spacial score (nSPS) is 13.9. The Kier molecular flexibility index (Phi) is 3.21. The van der Waals surface area contributed by atoms with E-state index in [0.717, 1.165) is 12.8 Å². The lowest BCUT2D eigenvalue weighted by atomic mass is 10.1. The van der Waals surface area contributed by atoms with E-state index in [9.17, 15) is 0 Å². The lowest BCUT2D eigenvalue weighted by Crippen LogP contribution is -1.85. The van der Waals surface area contributed by atoms with Crippen LogP contribution < -0.4 is 0 Å². The van der Waals surface area contributed by atoms with Gasteiger partial charge in [-0.3, -0.25) is 0 Å². The molecule has 0 amide bonds. The van der Waals surface area contributed by atoms with E-state index in [0.29, 0.717) is 0 Å². The minimum atomic E-state index is 1.12. The minimum Gasteiger partial charge on any atom is -0.241 e. The molecule has 0 radical (unpaired) electrons. The van der Waals surface area contributed by atoms with Gasteiger partial charge < -0.3 is 0 Å². The highest BCUT2D eigenvalue weighted by molar-refractivity contribution is 7.99. The van der Waals surface area contributed by atoms with Crippen molar-refractivity contribution >= 4 is 23.1 Å². The molecule has 3 rings (SSSR count). The van der Waals surface area contributed by atoms with Crippen molar-refractivity contribution in [1.82, 2.24) is 4.98 Å². The first-order chi connectivity index (χ1) is 8.38. The summed E-state index contributed by atoms with van der Waals surface area (Å²) in [4.78, 5) is 7.71. The predicted octanol–water partition coefficient (Wildman–Crippen LogP) is 4.41. The standard InChI is InChI=1S/C14H15NS2/c1-2-5-13-15-14-10-6-3-4-7-11(10)16-9-8-12(14)17-13/h3-4,6-7H,2,5,8-9H2,1H3. The van der Waals surface area contributed by atoms with Gasteiger partial charge in [-0.25, -0.2) is 4.98 Å². The summed E-state index contributed by atoms with van der Waals surface area (Å²) >= 11 is 3.87. The Balaban J connectivity index is 2.11. The molecule has 0 N–H and O–H groups in total. The second-order valence-corrected chi connectivity index (χ2v) is 6.53. The number of hydrogen-bond donors (Lipinski definition) is 0. The lowest BCUT2D eigenvalue weighted by Gasteiger charge is -2.03. The Morgan fingerprint density at radius 1 is 1.29 bits per heavy atom. The molecule has 1 nitrogen and oxygen atoms in total. The lowest BCUT2D eigenvalue weighted by molar-refractivity contribution is 0.909. The summed E-state index contributed by atoms with van der Waals surface area (Å²) in [5, 5.41) is 1.30. The van der Waals surface area contributed by atoms with E-state index in [-0.39, 0.29) is 0 Å².